The van der Waals surface area contributed by atoms with Crippen LogP contribution in [0, 0.1) is 0 Å². The van der Waals surface area contributed by atoms with E-state index in [2.05, 4.69) is 9.62 Å². The van der Waals surface area contributed by atoms with Crippen LogP contribution in [0.25, 0.3) is 11.1 Å². The summed E-state index contributed by atoms with van der Waals surface area (Å²) in [5.74, 6) is -0.418. The summed E-state index contributed by atoms with van der Waals surface area (Å²) in [4.78, 5) is 2.67. The molecule has 2 N–H and O–H groups in total. The van der Waals surface area contributed by atoms with E-state index in [0.29, 0.717) is 19.6 Å². The number of ether oxygens (including phenoxy) is 4. The van der Waals surface area contributed by atoms with E-state index in [1.165, 1.54) is 0 Å². The van der Waals surface area contributed by atoms with Gasteiger partial charge in [-0.15, -0.1) is 0 Å². The summed E-state index contributed by atoms with van der Waals surface area (Å²) in [6.07, 6.45) is 1.63. The topological polar surface area (TPSA) is 107 Å². The number of rotatable bonds is 10. The number of aliphatic hydroxyl groups excluding tert-OH is 1. The molecule has 0 aromatic heterocycles. The fourth-order valence-electron chi connectivity index (χ4n) is 6.81. The number of hydrogen-bond donors (Lipinski definition) is 2. The molecule has 0 radical (unpaired) electrons. The monoisotopic (exact) mass is 670 g/mol. The van der Waals surface area contributed by atoms with Crippen molar-refractivity contribution in [2.75, 3.05) is 32.8 Å². The molecule has 3 saturated heterocycles. The molecule has 48 heavy (non-hydrogen) atoms. The van der Waals surface area contributed by atoms with Crippen LogP contribution in [0.2, 0.25) is 0 Å². The largest absolute Gasteiger partial charge is 0.392 e. The molecule has 3 aliphatic heterocycles. The molecule has 9 nitrogen and oxygen atoms in total. The Bertz CT molecular complexity index is 1750. The SMILES string of the molecule is O=S(=O)(NCc1ccccc1-c1ccc([C@@H]2O[C@H](CN3CCC4(CC3)OCCO4)C[C@H](c3ccc(CO)cc3)O2)cc1)c1ccccc1. The number of nitrogens with one attached hydrogen (secondary N) is 1. The standard InChI is InChI=1S/C38H42N2O7S/c41-27-28-10-12-30(13-11-28)36-24-33(26-40-20-18-38(19-21-40)44-22-23-45-38)46-37(47-36)31-16-14-29(15-17-31)35-9-5-4-6-32(35)25-39-48(42,43)34-7-2-1-3-8-34/h1-17,33,36-37,39,41H,18-27H2/t33-,36+,37+/m0/s1. The Balaban J connectivity index is 1.07. The van der Waals surface area contributed by atoms with E-state index in [1.54, 1.807) is 30.3 Å². The second-order valence-corrected chi connectivity index (χ2v) is 14.4. The third kappa shape index (κ3) is 7.56. The number of hydrogen-bond acceptors (Lipinski definition) is 8. The minimum absolute atomic E-state index is 0.00156. The lowest BCUT2D eigenvalue weighted by molar-refractivity contribution is -0.255. The molecule has 7 rings (SSSR count). The predicted octanol–water partition coefficient (Wildman–Crippen LogP) is 5.71. The molecule has 4 aromatic rings. The molecule has 0 bridgehead atoms. The molecule has 3 atom stereocenters. The van der Waals surface area contributed by atoms with Crippen LogP contribution in [0.5, 0.6) is 0 Å². The van der Waals surface area contributed by atoms with Gasteiger partial charge in [-0.2, -0.15) is 0 Å². The summed E-state index contributed by atoms with van der Waals surface area (Å²) < 4.78 is 53.6. The quantitative estimate of drug-likeness (QED) is 0.221. The number of piperidine rings is 1. The predicted molar refractivity (Wildman–Crippen MR) is 181 cm³/mol. The molecule has 0 unspecified atom stereocenters. The van der Waals surface area contributed by atoms with Crippen molar-refractivity contribution < 1.29 is 32.5 Å². The highest BCUT2D eigenvalue weighted by Gasteiger charge is 2.41. The maximum atomic E-state index is 12.9. The van der Waals surface area contributed by atoms with Crippen LogP contribution in [0.1, 0.15) is 53.9 Å². The fraction of sp³-hybridized carbons (Fsp3) is 0.368. The lowest BCUT2D eigenvalue weighted by atomic mass is 9.97. The normalized spacial score (nSPS) is 23.0. The van der Waals surface area contributed by atoms with Crippen LogP contribution in [0.3, 0.4) is 0 Å². The first-order chi connectivity index (χ1) is 23.4. The number of benzene rings is 4. The van der Waals surface area contributed by atoms with Crippen molar-refractivity contribution in [3.05, 3.63) is 125 Å². The zero-order chi connectivity index (χ0) is 33.0. The summed E-state index contributed by atoms with van der Waals surface area (Å²) in [5, 5.41) is 9.56. The molecule has 4 aromatic carbocycles. The van der Waals surface area contributed by atoms with E-state index in [1.807, 2.05) is 72.8 Å². The van der Waals surface area contributed by atoms with Crippen LogP contribution in [0.15, 0.2) is 108 Å². The van der Waals surface area contributed by atoms with Crippen LogP contribution < -0.4 is 4.72 Å². The first-order valence-electron chi connectivity index (χ1n) is 16.6. The van der Waals surface area contributed by atoms with Crippen molar-refractivity contribution in [1.82, 2.24) is 9.62 Å². The molecule has 3 heterocycles. The zero-order valence-corrected chi connectivity index (χ0v) is 27.7. The number of aliphatic hydroxyl groups is 1. The van der Waals surface area contributed by atoms with Crippen molar-refractivity contribution in [3.8, 4) is 11.1 Å². The van der Waals surface area contributed by atoms with Gasteiger partial charge in [0, 0.05) is 51.0 Å². The van der Waals surface area contributed by atoms with E-state index in [4.69, 9.17) is 18.9 Å². The summed E-state index contributed by atoms with van der Waals surface area (Å²) >= 11 is 0. The third-order valence-corrected chi connectivity index (χ3v) is 10.9. The number of nitrogens with zero attached hydrogens (tertiary/aromatic N) is 1. The molecule has 10 heteroatoms. The lowest BCUT2D eigenvalue weighted by Crippen LogP contribution is -2.48. The second-order valence-electron chi connectivity index (χ2n) is 12.7. The first-order valence-corrected chi connectivity index (χ1v) is 18.1. The Labute approximate surface area is 282 Å². The van der Waals surface area contributed by atoms with E-state index in [-0.39, 0.29) is 30.3 Å². The Morgan fingerprint density at radius 1 is 0.792 bits per heavy atom. The van der Waals surface area contributed by atoms with E-state index in [9.17, 15) is 13.5 Å². The van der Waals surface area contributed by atoms with E-state index < -0.39 is 22.1 Å². The van der Waals surface area contributed by atoms with Gasteiger partial charge < -0.3 is 29.0 Å². The molecular weight excluding hydrogens is 628 g/mol. The highest BCUT2D eigenvalue weighted by atomic mass is 32.2. The average molecular weight is 671 g/mol. The summed E-state index contributed by atoms with van der Waals surface area (Å²) in [6.45, 7) is 4.05. The van der Waals surface area contributed by atoms with Gasteiger partial charge in [-0.1, -0.05) is 91.0 Å². The number of likely N-dealkylation sites (tertiary alicyclic amines) is 1. The van der Waals surface area contributed by atoms with Gasteiger partial charge in [0.05, 0.1) is 36.9 Å². The van der Waals surface area contributed by atoms with Crippen LogP contribution in [-0.4, -0.2) is 63.2 Å². The minimum Gasteiger partial charge on any atom is -0.392 e. The highest BCUT2D eigenvalue weighted by molar-refractivity contribution is 7.89. The maximum Gasteiger partial charge on any atom is 0.240 e. The second kappa shape index (κ2) is 14.6. The van der Waals surface area contributed by atoms with Gasteiger partial charge in [0.2, 0.25) is 10.0 Å². The summed E-state index contributed by atoms with van der Waals surface area (Å²) in [7, 11) is -3.64. The van der Waals surface area contributed by atoms with Gasteiger partial charge in [-0.05, 0) is 39.9 Å². The molecule has 0 amide bonds. The van der Waals surface area contributed by atoms with Gasteiger partial charge in [0.25, 0.3) is 0 Å². The van der Waals surface area contributed by atoms with Crippen molar-refractivity contribution >= 4 is 10.0 Å². The van der Waals surface area contributed by atoms with Gasteiger partial charge in [0.1, 0.15) is 0 Å². The molecule has 0 saturated carbocycles. The van der Waals surface area contributed by atoms with Crippen molar-refractivity contribution in [1.29, 1.82) is 0 Å². The molecule has 1 spiro atoms. The Hall–Kier alpha value is -3.45. The van der Waals surface area contributed by atoms with E-state index in [0.717, 1.165) is 65.9 Å². The summed E-state index contributed by atoms with van der Waals surface area (Å²) in [5.41, 5.74) is 5.62. The van der Waals surface area contributed by atoms with Crippen molar-refractivity contribution in [2.24, 2.45) is 0 Å². The van der Waals surface area contributed by atoms with Gasteiger partial charge >= 0.3 is 0 Å². The third-order valence-electron chi connectivity index (χ3n) is 9.53. The molecule has 252 valence electrons. The maximum absolute atomic E-state index is 12.9. The Kier molecular flexibility index (Phi) is 10.0. The van der Waals surface area contributed by atoms with Crippen molar-refractivity contribution in [3.63, 3.8) is 0 Å². The van der Waals surface area contributed by atoms with Gasteiger partial charge in [-0.3, -0.25) is 0 Å². The minimum atomic E-state index is -3.64. The lowest BCUT2D eigenvalue weighted by Gasteiger charge is -2.41. The molecule has 3 aliphatic rings. The van der Waals surface area contributed by atoms with E-state index >= 15 is 0 Å². The Morgan fingerprint density at radius 2 is 1.46 bits per heavy atom. The fourth-order valence-corrected chi connectivity index (χ4v) is 7.84. The van der Waals surface area contributed by atoms with Crippen LogP contribution in [0.4, 0.5) is 0 Å². The smallest absolute Gasteiger partial charge is 0.240 e. The summed E-state index contributed by atoms with van der Waals surface area (Å²) in [6, 6.07) is 32.3. The van der Waals surface area contributed by atoms with Crippen LogP contribution >= 0.6 is 0 Å². The number of sulfonamides is 1. The average Bonchev–Trinajstić information content (AvgIpc) is 3.60. The highest BCUT2D eigenvalue weighted by Crippen LogP contribution is 2.40. The molecular formula is C38H42N2O7S. The molecule has 3 fully saturated rings. The zero-order valence-electron chi connectivity index (χ0n) is 26.9. The van der Waals surface area contributed by atoms with Gasteiger partial charge in [0.15, 0.2) is 12.1 Å². The van der Waals surface area contributed by atoms with Crippen molar-refractivity contribution in [2.45, 2.75) is 61.6 Å². The van der Waals surface area contributed by atoms with Crippen LogP contribution in [-0.2, 0) is 42.1 Å². The Morgan fingerprint density at radius 3 is 2.17 bits per heavy atom. The first kappa shape index (κ1) is 33.1. The molecule has 0 aliphatic carbocycles. The van der Waals surface area contributed by atoms with Gasteiger partial charge in [-0.25, -0.2) is 13.1 Å².